The zero-order valence-electron chi connectivity index (χ0n) is 17.9. The monoisotopic (exact) mass is 412 g/mol. The van der Waals surface area contributed by atoms with Gasteiger partial charge in [0.1, 0.15) is 11.4 Å². The van der Waals surface area contributed by atoms with Gasteiger partial charge < -0.3 is 9.84 Å². The van der Waals surface area contributed by atoms with E-state index < -0.39 is 11.6 Å². The van der Waals surface area contributed by atoms with Gasteiger partial charge in [-0.15, -0.1) is 0 Å². The average Bonchev–Trinajstić information content (AvgIpc) is 2.79. The third-order valence-corrected chi connectivity index (χ3v) is 6.20. The minimum absolute atomic E-state index is 0.154. The number of carbonyl (C=O) groups excluding carboxylic acids is 1. The number of aryl methyl sites for hydroxylation is 3. The summed E-state index contributed by atoms with van der Waals surface area (Å²) in [5.74, 6) is -0.254. The number of hydrogen-bond donors (Lipinski definition) is 1. The van der Waals surface area contributed by atoms with Crippen molar-refractivity contribution >= 4 is 5.97 Å². The van der Waals surface area contributed by atoms with Gasteiger partial charge in [-0.2, -0.15) is 0 Å². The molecule has 4 rings (SSSR count). The fourth-order valence-corrected chi connectivity index (χ4v) is 4.34. The van der Waals surface area contributed by atoms with Crippen molar-refractivity contribution in [2.45, 2.75) is 44.6 Å². The van der Waals surface area contributed by atoms with Crippen molar-refractivity contribution in [3.05, 3.63) is 119 Å². The predicted octanol–water partition coefficient (Wildman–Crippen LogP) is 6.21. The van der Waals surface area contributed by atoms with E-state index in [9.17, 15) is 9.90 Å². The predicted molar refractivity (Wildman–Crippen MR) is 123 cm³/mol. The Kier molecular flexibility index (Phi) is 6.22. The van der Waals surface area contributed by atoms with Crippen molar-refractivity contribution in [2.75, 3.05) is 0 Å². The first-order chi connectivity index (χ1) is 15.1. The number of aliphatic hydroxyl groups excluding tert-OH is 1. The van der Waals surface area contributed by atoms with Crippen LogP contribution in [0.3, 0.4) is 0 Å². The Hall–Kier alpha value is -3.33. The normalized spacial score (nSPS) is 18.7. The number of cyclic esters (lactones) is 1. The Morgan fingerprint density at radius 3 is 2.16 bits per heavy atom. The summed E-state index contributed by atoms with van der Waals surface area (Å²) in [4.78, 5) is 13.1. The molecule has 0 aliphatic carbocycles. The molecular weight excluding hydrogens is 384 g/mol. The van der Waals surface area contributed by atoms with Crippen molar-refractivity contribution in [1.29, 1.82) is 0 Å². The highest BCUT2D eigenvalue weighted by Crippen LogP contribution is 2.42. The first-order valence-electron chi connectivity index (χ1n) is 10.9. The summed E-state index contributed by atoms with van der Waals surface area (Å²) in [6.07, 6.45) is 2.85. The van der Waals surface area contributed by atoms with Crippen LogP contribution in [0.15, 0.2) is 96.3 Å². The van der Waals surface area contributed by atoms with Gasteiger partial charge in [0.25, 0.3) is 0 Å². The Balaban J connectivity index is 1.59. The summed E-state index contributed by atoms with van der Waals surface area (Å²) in [5.41, 5.74) is 4.01. The molecule has 1 N–H and O–H groups in total. The largest absolute Gasteiger partial charge is 0.512 e. The van der Waals surface area contributed by atoms with E-state index >= 15 is 0 Å². The molecule has 3 aromatic rings. The molecule has 1 atom stereocenters. The summed E-state index contributed by atoms with van der Waals surface area (Å²) < 4.78 is 6.13. The number of hydrogen-bond acceptors (Lipinski definition) is 3. The first-order valence-corrected chi connectivity index (χ1v) is 10.9. The third kappa shape index (κ3) is 4.72. The van der Waals surface area contributed by atoms with E-state index in [1.54, 1.807) is 0 Å². The molecule has 1 aliphatic rings. The second kappa shape index (κ2) is 9.22. The highest BCUT2D eigenvalue weighted by atomic mass is 16.6. The molecule has 0 spiro atoms. The van der Waals surface area contributed by atoms with Crippen molar-refractivity contribution < 1.29 is 14.6 Å². The topological polar surface area (TPSA) is 46.5 Å². The zero-order chi connectivity index (χ0) is 21.7. The van der Waals surface area contributed by atoms with Gasteiger partial charge in [-0.3, -0.25) is 0 Å². The molecule has 0 bridgehead atoms. The Morgan fingerprint density at radius 2 is 1.48 bits per heavy atom. The van der Waals surface area contributed by atoms with Crippen LogP contribution in [0.25, 0.3) is 0 Å². The number of ether oxygens (including phenoxy) is 1. The number of benzene rings is 3. The maximum atomic E-state index is 13.1. The van der Waals surface area contributed by atoms with E-state index in [1.165, 1.54) is 16.7 Å². The van der Waals surface area contributed by atoms with Crippen LogP contribution in [-0.4, -0.2) is 11.1 Å². The minimum atomic E-state index is -0.857. The van der Waals surface area contributed by atoms with Crippen LogP contribution in [0.2, 0.25) is 0 Å². The summed E-state index contributed by atoms with van der Waals surface area (Å²) >= 11 is 0. The smallest absolute Gasteiger partial charge is 0.338 e. The zero-order valence-corrected chi connectivity index (χ0v) is 17.9. The van der Waals surface area contributed by atoms with Crippen molar-refractivity contribution in [3.8, 4) is 0 Å². The molecule has 1 unspecified atom stereocenters. The maximum absolute atomic E-state index is 13.1. The highest BCUT2D eigenvalue weighted by Gasteiger charge is 2.42. The highest BCUT2D eigenvalue weighted by molar-refractivity contribution is 5.90. The minimum Gasteiger partial charge on any atom is -0.512 e. The van der Waals surface area contributed by atoms with Gasteiger partial charge in [0.15, 0.2) is 0 Å². The molecule has 3 nitrogen and oxygen atoms in total. The van der Waals surface area contributed by atoms with Crippen LogP contribution >= 0.6 is 0 Å². The van der Waals surface area contributed by atoms with Gasteiger partial charge in [-0.25, -0.2) is 4.79 Å². The van der Waals surface area contributed by atoms with E-state index in [2.05, 4.69) is 31.2 Å². The molecule has 0 amide bonds. The van der Waals surface area contributed by atoms with Crippen LogP contribution in [0.1, 0.15) is 41.5 Å². The van der Waals surface area contributed by atoms with E-state index in [0.29, 0.717) is 31.3 Å². The lowest BCUT2D eigenvalue weighted by Crippen LogP contribution is -2.38. The molecule has 0 fully saturated rings. The van der Waals surface area contributed by atoms with Gasteiger partial charge in [0.2, 0.25) is 0 Å². The second-order valence-electron chi connectivity index (χ2n) is 8.26. The van der Waals surface area contributed by atoms with E-state index in [-0.39, 0.29) is 5.76 Å². The number of carbonyl (C=O) groups is 1. The summed E-state index contributed by atoms with van der Waals surface area (Å²) in [6, 6.07) is 28.1. The summed E-state index contributed by atoms with van der Waals surface area (Å²) in [7, 11) is 0. The van der Waals surface area contributed by atoms with Crippen LogP contribution < -0.4 is 0 Å². The standard InChI is InChI=1S/C28H28O3/c1-21-10-8-9-13-23(21)16-17-25-26(29)20-28(31-27(25)30,24-14-6-3-7-15-24)19-18-22-11-4-2-5-12-22/h2-15,29H,16-20H2,1H3. The molecule has 1 aliphatic heterocycles. The molecule has 3 heteroatoms. The molecule has 0 saturated heterocycles. The molecular formula is C28H28O3. The van der Waals surface area contributed by atoms with E-state index in [4.69, 9.17) is 4.74 Å². The van der Waals surface area contributed by atoms with Crippen molar-refractivity contribution in [1.82, 2.24) is 0 Å². The Labute approximate surface area is 184 Å². The quantitative estimate of drug-likeness (QED) is 0.469. The molecule has 0 aromatic heterocycles. The molecule has 0 radical (unpaired) electrons. The number of esters is 1. The van der Waals surface area contributed by atoms with E-state index in [1.807, 2.05) is 60.7 Å². The molecule has 158 valence electrons. The van der Waals surface area contributed by atoms with Crippen LogP contribution in [0.4, 0.5) is 0 Å². The van der Waals surface area contributed by atoms with Crippen LogP contribution in [0, 0.1) is 6.92 Å². The lowest BCUT2D eigenvalue weighted by atomic mass is 9.81. The fourth-order valence-electron chi connectivity index (χ4n) is 4.34. The van der Waals surface area contributed by atoms with Gasteiger partial charge in [-0.05, 0) is 54.9 Å². The summed E-state index contributed by atoms with van der Waals surface area (Å²) in [6.45, 7) is 2.06. The fraction of sp³-hybridized carbons (Fsp3) is 0.250. The Morgan fingerprint density at radius 1 is 0.839 bits per heavy atom. The summed E-state index contributed by atoms with van der Waals surface area (Å²) in [5, 5.41) is 11.0. The number of rotatable bonds is 7. The second-order valence-corrected chi connectivity index (χ2v) is 8.26. The van der Waals surface area contributed by atoms with Crippen molar-refractivity contribution in [3.63, 3.8) is 0 Å². The van der Waals surface area contributed by atoms with Gasteiger partial charge >= 0.3 is 5.97 Å². The number of aliphatic hydroxyl groups is 1. The molecule has 3 aromatic carbocycles. The Bertz CT molecular complexity index is 1070. The third-order valence-electron chi connectivity index (χ3n) is 6.20. The van der Waals surface area contributed by atoms with Gasteiger partial charge in [0, 0.05) is 6.42 Å². The maximum Gasteiger partial charge on any atom is 0.338 e. The molecule has 0 saturated carbocycles. The first kappa shape index (κ1) is 20.9. The SMILES string of the molecule is Cc1ccccc1CCC1=C(O)CC(CCc2ccccc2)(c2ccccc2)OC1=O. The van der Waals surface area contributed by atoms with Crippen LogP contribution in [0.5, 0.6) is 0 Å². The van der Waals surface area contributed by atoms with Gasteiger partial charge in [-0.1, -0.05) is 84.9 Å². The van der Waals surface area contributed by atoms with Crippen LogP contribution in [-0.2, 0) is 28.0 Å². The molecule has 31 heavy (non-hydrogen) atoms. The lowest BCUT2D eigenvalue weighted by molar-refractivity contribution is -0.161. The molecule has 1 heterocycles. The average molecular weight is 413 g/mol. The lowest BCUT2D eigenvalue weighted by Gasteiger charge is -2.38. The van der Waals surface area contributed by atoms with Crippen molar-refractivity contribution in [2.24, 2.45) is 0 Å². The van der Waals surface area contributed by atoms with E-state index in [0.717, 1.165) is 12.0 Å². The van der Waals surface area contributed by atoms with Gasteiger partial charge in [0.05, 0.1) is 5.57 Å².